The Kier molecular flexibility index (Phi) is 8.69. The summed E-state index contributed by atoms with van der Waals surface area (Å²) in [5.74, 6) is 0.586. The van der Waals surface area contributed by atoms with E-state index in [1.165, 1.54) is 0 Å². The van der Waals surface area contributed by atoms with Gasteiger partial charge in [-0.3, -0.25) is 4.55 Å². The van der Waals surface area contributed by atoms with E-state index in [0.29, 0.717) is 13.0 Å². The van der Waals surface area contributed by atoms with E-state index in [4.69, 9.17) is 9.29 Å². The van der Waals surface area contributed by atoms with Gasteiger partial charge in [-0.05, 0) is 25.0 Å². The molecule has 0 heterocycles. The first-order chi connectivity index (χ1) is 8.48. The van der Waals surface area contributed by atoms with Crippen LogP contribution in [-0.2, 0) is 16.5 Å². The molecule has 0 saturated heterocycles. The van der Waals surface area contributed by atoms with Crippen molar-refractivity contribution in [2.75, 3.05) is 24.7 Å². The summed E-state index contributed by atoms with van der Waals surface area (Å²) in [6, 6.07) is 5.69. The van der Waals surface area contributed by atoms with Gasteiger partial charge in [-0.25, -0.2) is 0 Å². The van der Waals surface area contributed by atoms with Gasteiger partial charge >= 0.3 is 29.6 Å². The van der Waals surface area contributed by atoms with Gasteiger partial charge in [0.1, 0.15) is 5.75 Å². The van der Waals surface area contributed by atoms with Crippen molar-refractivity contribution in [1.29, 1.82) is 0 Å². The van der Waals surface area contributed by atoms with Gasteiger partial charge in [0.2, 0.25) is 0 Å². The Morgan fingerprint density at radius 1 is 1.37 bits per heavy atom. The molecular weight excluding hydrogens is 277 g/mol. The Bertz CT molecular complexity index is 491. The molecule has 104 valence electrons. The number of nitrogens with one attached hydrogen (secondary N) is 1. The molecule has 2 N–H and O–H groups in total. The molecule has 0 radical (unpaired) electrons. The molecule has 0 aliphatic rings. The van der Waals surface area contributed by atoms with Gasteiger partial charge in [0.15, 0.2) is 0 Å². The third-order valence-electron chi connectivity index (χ3n) is 2.60. The van der Waals surface area contributed by atoms with Crippen molar-refractivity contribution < 1.29 is 17.7 Å². The number of rotatable bonds is 7. The van der Waals surface area contributed by atoms with Crippen molar-refractivity contribution in [3.63, 3.8) is 0 Å². The van der Waals surface area contributed by atoms with Crippen molar-refractivity contribution in [2.24, 2.45) is 0 Å². The van der Waals surface area contributed by atoms with Crippen LogP contribution in [0.25, 0.3) is 0 Å². The fraction of sp³-hybridized carbons (Fsp3) is 0.500. The topological polar surface area (TPSA) is 75.6 Å². The predicted molar refractivity (Wildman–Crippen MR) is 79.0 cm³/mol. The number of benzene rings is 1. The summed E-state index contributed by atoms with van der Waals surface area (Å²) in [5.41, 5.74) is 2.00. The number of ether oxygens (including phenoxy) is 1. The van der Waals surface area contributed by atoms with Gasteiger partial charge in [0, 0.05) is 17.8 Å². The zero-order valence-electron chi connectivity index (χ0n) is 10.6. The van der Waals surface area contributed by atoms with Crippen molar-refractivity contribution in [1.82, 2.24) is 0 Å². The normalized spacial score (nSPS) is 10.7. The Balaban J connectivity index is 0.00000324. The van der Waals surface area contributed by atoms with E-state index in [9.17, 15) is 8.42 Å². The maximum atomic E-state index is 10.6. The molecular formula is C12H20NNaO4S. The molecule has 0 unspecified atom stereocenters. The molecule has 0 aliphatic heterocycles. The summed E-state index contributed by atoms with van der Waals surface area (Å²) in [7, 11) is -2.25. The summed E-state index contributed by atoms with van der Waals surface area (Å²) in [6.07, 6.45) is 1.18. The molecule has 1 rings (SSSR count). The molecule has 19 heavy (non-hydrogen) atoms. The first-order valence-corrected chi connectivity index (χ1v) is 7.43. The molecule has 1 aromatic rings. The first-order valence-electron chi connectivity index (χ1n) is 5.83. The van der Waals surface area contributed by atoms with Crippen LogP contribution in [0.4, 0.5) is 5.69 Å². The van der Waals surface area contributed by atoms with Crippen LogP contribution in [0, 0.1) is 0 Å². The van der Waals surface area contributed by atoms with Crippen LogP contribution in [0.5, 0.6) is 5.75 Å². The molecule has 0 atom stereocenters. The molecule has 1 aromatic carbocycles. The number of hydrogen-bond donors (Lipinski definition) is 2. The fourth-order valence-electron chi connectivity index (χ4n) is 1.76. The van der Waals surface area contributed by atoms with Crippen LogP contribution in [0.3, 0.4) is 0 Å². The molecule has 0 amide bonds. The molecule has 0 aromatic heterocycles. The summed E-state index contributed by atoms with van der Waals surface area (Å²) >= 11 is 0. The van der Waals surface area contributed by atoms with E-state index in [2.05, 4.69) is 5.32 Å². The fourth-order valence-corrected chi connectivity index (χ4v) is 2.27. The predicted octanol–water partition coefficient (Wildman–Crippen LogP) is 1.30. The van der Waals surface area contributed by atoms with Gasteiger partial charge in [-0.2, -0.15) is 8.42 Å². The first kappa shape index (κ1) is 18.7. The standard InChI is InChI=1S/C12H19NO4S.Na.H/c1-3-10-11(6-4-7-12(10)17-2)13-8-5-9-18(14,15)16;;/h4,6-7,13H,3,5,8-9H2,1-2H3,(H,14,15,16);;. The Morgan fingerprint density at radius 2 is 2.05 bits per heavy atom. The van der Waals surface area contributed by atoms with Gasteiger partial charge in [0.25, 0.3) is 10.1 Å². The summed E-state index contributed by atoms with van der Waals surface area (Å²) in [6.45, 7) is 2.52. The molecule has 5 nitrogen and oxygen atoms in total. The minimum absolute atomic E-state index is 0. The third kappa shape index (κ3) is 6.63. The van der Waals surface area contributed by atoms with E-state index in [1.807, 2.05) is 25.1 Å². The van der Waals surface area contributed by atoms with Crippen LogP contribution in [-0.4, -0.2) is 61.9 Å². The van der Waals surface area contributed by atoms with Gasteiger partial charge in [-0.15, -0.1) is 0 Å². The Hall–Kier alpha value is -0.270. The van der Waals surface area contributed by atoms with Crippen LogP contribution in [0.2, 0.25) is 0 Å². The van der Waals surface area contributed by atoms with Crippen LogP contribution >= 0.6 is 0 Å². The average molecular weight is 297 g/mol. The second-order valence-electron chi connectivity index (χ2n) is 3.91. The van der Waals surface area contributed by atoms with E-state index < -0.39 is 10.1 Å². The van der Waals surface area contributed by atoms with E-state index in [0.717, 1.165) is 23.4 Å². The van der Waals surface area contributed by atoms with E-state index in [-0.39, 0.29) is 35.3 Å². The second-order valence-corrected chi connectivity index (χ2v) is 5.48. The summed E-state index contributed by atoms with van der Waals surface area (Å²) in [5, 5.41) is 3.16. The van der Waals surface area contributed by atoms with E-state index in [1.54, 1.807) is 7.11 Å². The molecule has 0 bridgehead atoms. The second kappa shape index (κ2) is 8.81. The summed E-state index contributed by atoms with van der Waals surface area (Å²) in [4.78, 5) is 0. The maximum absolute atomic E-state index is 10.6. The number of hydrogen-bond acceptors (Lipinski definition) is 4. The third-order valence-corrected chi connectivity index (χ3v) is 3.41. The van der Waals surface area contributed by atoms with Crippen LogP contribution in [0.1, 0.15) is 18.9 Å². The monoisotopic (exact) mass is 297 g/mol. The number of anilines is 1. The van der Waals surface area contributed by atoms with Crippen molar-refractivity contribution in [2.45, 2.75) is 19.8 Å². The Labute approximate surface area is 136 Å². The zero-order valence-corrected chi connectivity index (χ0v) is 11.5. The SMILES string of the molecule is CCc1c(NCCCS(=O)(=O)O)cccc1OC.[NaH]. The quantitative estimate of drug-likeness (QED) is 0.451. The molecule has 7 heteroatoms. The average Bonchev–Trinajstić information content (AvgIpc) is 2.32. The van der Waals surface area contributed by atoms with Gasteiger partial charge < -0.3 is 10.1 Å². The van der Waals surface area contributed by atoms with Crippen LogP contribution < -0.4 is 10.1 Å². The molecule has 0 saturated carbocycles. The summed E-state index contributed by atoms with van der Waals surface area (Å²) < 4.78 is 35.0. The zero-order chi connectivity index (χ0) is 13.6. The molecule has 0 aliphatic carbocycles. The van der Waals surface area contributed by atoms with Crippen LogP contribution in [0.15, 0.2) is 18.2 Å². The molecule has 0 fully saturated rings. The van der Waals surface area contributed by atoms with Crippen molar-refractivity contribution in [3.8, 4) is 5.75 Å². The van der Waals surface area contributed by atoms with Gasteiger partial charge in [-0.1, -0.05) is 13.0 Å². The number of methoxy groups -OCH3 is 1. The minimum atomic E-state index is -3.87. The Morgan fingerprint density at radius 3 is 2.58 bits per heavy atom. The van der Waals surface area contributed by atoms with Crippen molar-refractivity contribution >= 4 is 45.4 Å². The van der Waals surface area contributed by atoms with E-state index >= 15 is 0 Å². The van der Waals surface area contributed by atoms with Crippen molar-refractivity contribution in [3.05, 3.63) is 23.8 Å². The molecule has 0 spiro atoms. The van der Waals surface area contributed by atoms with Gasteiger partial charge in [0.05, 0.1) is 12.9 Å².